The van der Waals surface area contributed by atoms with E-state index in [0.717, 1.165) is 11.1 Å². The number of hydrogen-bond donors (Lipinski definition) is 1. The van der Waals surface area contributed by atoms with Gasteiger partial charge in [-0.2, -0.15) is 13.2 Å². The summed E-state index contributed by atoms with van der Waals surface area (Å²) >= 11 is 0. The molecule has 0 saturated heterocycles. The first-order valence-corrected chi connectivity index (χ1v) is 8.94. The number of H-pyrrole nitrogens is 1. The molecule has 0 spiro atoms. The van der Waals surface area contributed by atoms with Crippen LogP contribution < -0.4 is 5.56 Å². The van der Waals surface area contributed by atoms with Gasteiger partial charge in [0.15, 0.2) is 0 Å². The van der Waals surface area contributed by atoms with Crippen LogP contribution in [0.2, 0.25) is 0 Å². The van der Waals surface area contributed by atoms with Crippen LogP contribution in [0.25, 0.3) is 21.8 Å². The van der Waals surface area contributed by atoms with Gasteiger partial charge in [-0.1, -0.05) is 30.3 Å². The number of halogens is 3. The topological polar surface area (TPSA) is 79.0 Å². The quantitative estimate of drug-likeness (QED) is 0.556. The molecule has 2 aromatic heterocycles. The van der Waals surface area contributed by atoms with Crippen molar-refractivity contribution in [3.8, 4) is 0 Å². The Hall–Kier alpha value is -3.75. The number of para-hydroxylation sites is 2. The Balaban J connectivity index is 1.73. The predicted molar refractivity (Wildman–Crippen MR) is 105 cm³/mol. The fourth-order valence-corrected chi connectivity index (χ4v) is 3.32. The number of alkyl halides is 3. The van der Waals surface area contributed by atoms with E-state index in [1.165, 1.54) is 25.2 Å². The number of hydrogen-bond acceptors (Lipinski definition) is 4. The average molecular weight is 412 g/mol. The molecule has 1 N–H and O–H groups in total. The third-order valence-corrected chi connectivity index (χ3v) is 4.68. The molecule has 2 heterocycles. The second-order valence-electron chi connectivity index (χ2n) is 6.75. The highest BCUT2D eigenvalue weighted by molar-refractivity contribution is 6.00. The van der Waals surface area contributed by atoms with E-state index in [0.29, 0.717) is 10.9 Å². The first kappa shape index (κ1) is 19.6. The lowest BCUT2D eigenvalue weighted by Gasteiger charge is -2.20. The van der Waals surface area contributed by atoms with Crippen molar-refractivity contribution in [3.05, 3.63) is 82.0 Å². The van der Waals surface area contributed by atoms with Gasteiger partial charge in [0, 0.05) is 18.6 Å². The van der Waals surface area contributed by atoms with Crippen molar-refractivity contribution >= 4 is 27.7 Å². The highest BCUT2D eigenvalue weighted by Gasteiger charge is 2.38. The predicted octanol–water partition coefficient (Wildman–Crippen LogP) is 3.76. The number of nitrogens with one attached hydrogen (secondary N) is 1. The first-order valence-electron chi connectivity index (χ1n) is 8.94. The highest BCUT2D eigenvalue weighted by Crippen LogP contribution is 2.37. The monoisotopic (exact) mass is 412 g/mol. The van der Waals surface area contributed by atoms with E-state index in [-0.39, 0.29) is 28.8 Å². The largest absolute Gasteiger partial charge is 0.417 e. The van der Waals surface area contributed by atoms with Crippen molar-refractivity contribution in [2.75, 3.05) is 7.05 Å². The molecule has 9 heteroatoms. The zero-order chi connectivity index (χ0) is 21.5. The number of rotatable bonds is 3. The highest BCUT2D eigenvalue weighted by atomic mass is 19.4. The molecule has 0 atom stereocenters. The maximum atomic E-state index is 13.8. The van der Waals surface area contributed by atoms with Gasteiger partial charge < -0.3 is 9.88 Å². The molecule has 30 heavy (non-hydrogen) atoms. The number of amides is 1. The molecule has 6 nitrogen and oxygen atoms in total. The Kier molecular flexibility index (Phi) is 4.73. The zero-order valence-corrected chi connectivity index (χ0v) is 15.7. The lowest BCUT2D eigenvalue weighted by Crippen LogP contribution is -2.30. The molecule has 152 valence electrons. The molecule has 0 aliphatic carbocycles. The van der Waals surface area contributed by atoms with Crippen LogP contribution in [0.4, 0.5) is 13.2 Å². The lowest BCUT2D eigenvalue weighted by molar-refractivity contribution is -0.136. The molecule has 0 aliphatic rings. The molecule has 1 amide bonds. The summed E-state index contributed by atoms with van der Waals surface area (Å²) in [7, 11) is 1.34. The van der Waals surface area contributed by atoms with Gasteiger partial charge in [-0.05, 0) is 18.2 Å². The molecule has 0 aliphatic heterocycles. The van der Waals surface area contributed by atoms with Crippen molar-refractivity contribution < 1.29 is 18.0 Å². The maximum Gasteiger partial charge on any atom is 0.417 e. The Morgan fingerprint density at radius 3 is 2.37 bits per heavy atom. The molecule has 4 aromatic rings. The van der Waals surface area contributed by atoms with Crippen LogP contribution in [0, 0.1) is 0 Å². The molecule has 2 aromatic carbocycles. The van der Waals surface area contributed by atoms with Crippen LogP contribution >= 0.6 is 0 Å². The third-order valence-electron chi connectivity index (χ3n) is 4.68. The number of benzene rings is 2. The van der Waals surface area contributed by atoms with E-state index in [4.69, 9.17) is 0 Å². The minimum absolute atomic E-state index is 0.143. The van der Waals surface area contributed by atoms with Gasteiger partial charge in [0.05, 0.1) is 34.1 Å². The fraction of sp³-hybridized carbons (Fsp3) is 0.143. The summed E-state index contributed by atoms with van der Waals surface area (Å²) in [4.78, 5) is 37.0. The smallest absolute Gasteiger partial charge is 0.334 e. The summed E-state index contributed by atoms with van der Waals surface area (Å²) in [6.45, 7) is -0.178. The van der Waals surface area contributed by atoms with Gasteiger partial charge in [-0.25, -0.2) is 4.98 Å². The first-order chi connectivity index (χ1) is 14.3. The number of carbonyl (C=O) groups is 1. The summed E-state index contributed by atoms with van der Waals surface area (Å²) in [6.07, 6.45) is -3.82. The van der Waals surface area contributed by atoms with Crippen molar-refractivity contribution in [1.29, 1.82) is 0 Å². The van der Waals surface area contributed by atoms with Crippen LogP contribution in [0.1, 0.15) is 21.7 Å². The van der Waals surface area contributed by atoms with Gasteiger partial charge in [0.25, 0.3) is 11.5 Å². The van der Waals surface area contributed by atoms with Crippen LogP contribution in [-0.4, -0.2) is 32.8 Å². The summed E-state index contributed by atoms with van der Waals surface area (Å²) in [5.41, 5.74) is -1.42. The zero-order valence-electron chi connectivity index (χ0n) is 15.7. The van der Waals surface area contributed by atoms with Gasteiger partial charge in [0.1, 0.15) is 5.82 Å². The Bertz CT molecular complexity index is 1330. The van der Waals surface area contributed by atoms with Gasteiger partial charge in [-0.15, -0.1) is 0 Å². The third kappa shape index (κ3) is 3.49. The van der Waals surface area contributed by atoms with Crippen molar-refractivity contribution in [2.24, 2.45) is 0 Å². The summed E-state index contributed by atoms with van der Waals surface area (Å²) < 4.78 is 41.4. The summed E-state index contributed by atoms with van der Waals surface area (Å²) in [5, 5.41) is 0.231. The van der Waals surface area contributed by atoms with Crippen LogP contribution in [0.5, 0.6) is 0 Å². The molecule has 0 radical (unpaired) electrons. The second kappa shape index (κ2) is 7.25. The van der Waals surface area contributed by atoms with E-state index in [1.54, 1.807) is 30.3 Å². The SMILES string of the molecule is CN(Cc1nc2ccccc2c(=O)[nH]1)C(=O)c1cnc2ccccc2c1C(F)(F)F. The van der Waals surface area contributed by atoms with Crippen molar-refractivity contribution in [3.63, 3.8) is 0 Å². The van der Waals surface area contributed by atoms with Crippen molar-refractivity contribution in [2.45, 2.75) is 12.7 Å². The van der Waals surface area contributed by atoms with Crippen LogP contribution in [0.15, 0.2) is 59.5 Å². The minimum Gasteiger partial charge on any atom is -0.334 e. The second-order valence-corrected chi connectivity index (χ2v) is 6.75. The standard InChI is InChI=1S/C21H15F3N4O2/c1-28(11-17-26-16-9-5-3-7-13(16)19(29)27-17)20(30)14-10-25-15-8-4-2-6-12(15)18(14)21(22,23)24/h2-10H,11H2,1H3,(H,26,27,29). The molecule has 0 unspecified atom stereocenters. The van der Waals surface area contributed by atoms with E-state index in [2.05, 4.69) is 15.0 Å². The number of fused-ring (bicyclic) bond motifs is 2. The van der Waals surface area contributed by atoms with Crippen LogP contribution in [0.3, 0.4) is 0 Å². The summed E-state index contributed by atoms with van der Waals surface area (Å²) in [6, 6.07) is 12.4. The van der Waals surface area contributed by atoms with Gasteiger partial charge in [-0.3, -0.25) is 14.6 Å². The Morgan fingerprint density at radius 1 is 1.03 bits per heavy atom. The molecule has 0 bridgehead atoms. The lowest BCUT2D eigenvalue weighted by atomic mass is 10.0. The number of aromatic amines is 1. The molecule has 0 fully saturated rings. The summed E-state index contributed by atoms with van der Waals surface area (Å²) in [5.74, 6) is -0.715. The normalized spacial score (nSPS) is 11.7. The fourth-order valence-electron chi connectivity index (χ4n) is 3.32. The Morgan fingerprint density at radius 2 is 1.67 bits per heavy atom. The number of nitrogens with zero attached hydrogens (tertiary/aromatic N) is 3. The van der Waals surface area contributed by atoms with E-state index in [9.17, 15) is 22.8 Å². The number of aromatic nitrogens is 3. The molecule has 4 rings (SSSR count). The minimum atomic E-state index is -4.75. The average Bonchev–Trinajstić information content (AvgIpc) is 2.71. The van der Waals surface area contributed by atoms with Gasteiger partial charge >= 0.3 is 6.18 Å². The van der Waals surface area contributed by atoms with E-state index >= 15 is 0 Å². The molecular weight excluding hydrogens is 397 g/mol. The Labute approximate surface area is 168 Å². The van der Waals surface area contributed by atoms with E-state index in [1.807, 2.05) is 0 Å². The van der Waals surface area contributed by atoms with Crippen molar-refractivity contribution in [1.82, 2.24) is 19.9 Å². The van der Waals surface area contributed by atoms with E-state index < -0.39 is 23.2 Å². The number of pyridine rings is 1. The maximum absolute atomic E-state index is 13.8. The van der Waals surface area contributed by atoms with Crippen LogP contribution in [-0.2, 0) is 12.7 Å². The number of carbonyl (C=O) groups excluding carboxylic acids is 1. The molecular formula is C21H15F3N4O2. The van der Waals surface area contributed by atoms with Gasteiger partial charge in [0.2, 0.25) is 0 Å². The molecule has 0 saturated carbocycles.